The second-order valence-corrected chi connectivity index (χ2v) is 4.67. The summed E-state index contributed by atoms with van der Waals surface area (Å²) in [5.74, 6) is 0. The second kappa shape index (κ2) is 3.22. The lowest BCUT2D eigenvalue weighted by Gasteiger charge is -2.13. The zero-order chi connectivity index (χ0) is 11.3. The number of alkyl halides is 3. The van der Waals surface area contributed by atoms with Gasteiger partial charge in [0.05, 0.1) is 11.2 Å². The smallest absolute Gasteiger partial charge is 0.385 e. The molecule has 0 unspecified atom stereocenters. The first-order valence-corrected chi connectivity index (χ1v) is 5.21. The predicted octanol–water partition coefficient (Wildman–Crippen LogP) is 3.45. The highest BCUT2D eigenvalue weighted by atomic mass is 79.9. The fraction of sp³-hybridized carbons (Fsp3) is 0.400. The number of aliphatic hydroxyl groups is 1. The molecule has 0 aliphatic heterocycles. The van der Waals surface area contributed by atoms with Gasteiger partial charge in [-0.1, -0.05) is 15.9 Å². The molecule has 0 bridgehead atoms. The molecule has 1 aliphatic carbocycles. The molecule has 1 fully saturated rings. The lowest BCUT2D eigenvalue weighted by atomic mass is 10.0. The molecule has 2 rings (SSSR count). The minimum atomic E-state index is -4.37. The minimum absolute atomic E-state index is 0.337. The lowest BCUT2D eigenvalue weighted by Crippen LogP contribution is -2.10. The summed E-state index contributed by atoms with van der Waals surface area (Å²) in [5, 5.41) is 9.73. The average molecular weight is 281 g/mol. The van der Waals surface area contributed by atoms with Gasteiger partial charge in [-0.2, -0.15) is 13.2 Å². The highest BCUT2D eigenvalue weighted by Gasteiger charge is 2.43. The van der Waals surface area contributed by atoms with E-state index < -0.39 is 17.3 Å². The molecular formula is C10H8BrF3O. The molecule has 0 saturated heterocycles. The van der Waals surface area contributed by atoms with Crippen LogP contribution in [0.3, 0.4) is 0 Å². The van der Waals surface area contributed by atoms with E-state index in [2.05, 4.69) is 15.9 Å². The molecule has 15 heavy (non-hydrogen) atoms. The monoisotopic (exact) mass is 280 g/mol. The van der Waals surface area contributed by atoms with Gasteiger partial charge in [-0.25, -0.2) is 0 Å². The third-order valence-corrected chi connectivity index (χ3v) is 2.94. The minimum Gasteiger partial charge on any atom is -0.385 e. The highest BCUT2D eigenvalue weighted by Crippen LogP contribution is 2.47. The van der Waals surface area contributed by atoms with Crippen LogP contribution in [0.2, 0.25) is 0 Å². The summed E-state index contributed by atoms with van der Waals surface area (Å²) in [5.41, 5.74) is -1.43. The molecule has 0 aromatic heterocycles. The maximum Gasteiger partial charge on any atom is 0.416 e. The van der Waals surface area contributed by atoms with Gasteiger partial charge in [-0.3, -0.25) is 0 Å². The van der Waals surface area contributed by atoms with E-state index in [1.165, 1.54) is 6.07 Å². The summed E-state index contributed by atoms with van der Waals surface area (Å²) in [6.45, 7) is 0. The zero-order valence-electron chi connectivity index (χ0n) is 7.61. The van der Waals surface area contributed by atoms with Gasteiger partial charge in [0.15, 0.2) is 0 Å². The van der Waals surface area contributed by atoms with E-state index in [-0.39, 0.29) is 0 Å². The number of hydrogen-bond acceptors (Lipinski definition) is 1. The molecule has 1 nitrogen and oxygen atoms in total. The third kappa shape index (κ3) is 2.18. The summed E-state index contributed by atoms with van der Waals surface area (Å²) < 4.78 is 37.7. The summed E-state index contributed by atoms with van der Waals surface area (Å²) in [6, 6.07) is 3.55. The molecule has 1 aromatic rings. The van der Waals surface area contributed by atoms with Crippen LogP contribution in [0, 0.1) is 0 Å². The highest BCUT2D eigenvalue weighted by molar-refractivity contribution is 9.10. The molecule has 1 saturated carbocycles. The van der Waals surface area contributed by atoms with Crippen LogP contribution in [0.5, 0.6) is 0 Å². The Labute approximate surface area is 93.0 Å². The quantitative estimate of drug-likeness (QED) is 0.836. The van der Waals surface area contributed by atoms with Gasteiger partial charge >= 0.3 is 6.18 Å². The molecule has 1 N–H and O–H groups in total. The molecule has 82 valence electrons. The first kappa shape index (κ1) is 11.0. The largest absolute Gasteiger partial charge is 0.416 e. The maximum atomic E-state index is 12.5. The topological polar surface area (TPSA) is 20.2 Å². The van der Waals surface area contributed by atoms with E-state index in [1.54, 1.807) is 0 Å². The standard InChI is InChI=1S/C10H8BrF3O/c11-8-4-6(9(15)1-2-9)3-7(5-8)10(12,13)14/h3-5,15H,1-2H2. The van der Waals surface area contributed by atoms with E-state index in [0.29, 0.717) is 22.9 Å². The number of rotatable bonds is 1. The van der Waals surface area contributed by atoms with E-state index in [1.807, 2.05) is 0 Å². The van der Waals surface area contributed by atoms with E-state index in [9.17, 15) is 18.3 Å². The van der Waals surface area contributed by atoms with Crippen LogP contribution in [-0.4, -0.2) is 5.11 Å². The SMILES string of the molecule is OC1(c2cc(Br)cc(C(F)(F)F)c2)CC1. The number of benzene rings is 1. The summed E-state index contributed by atoms with van der Waals surface area (Å²) >= 11 is 3.01. The van der Waals surface area contributed by atoms with Gasteiger partial charge in [0, 0.05) is 4.47 Å². The maximum absolute atomic E-state index is 12.5. The molecule has 0 heterocycles. The van der Waals surface area contributed by atoms with E-state index in [4.69, 9.17) is 0 Å². The van der Waals surface area contributed by atoms with E-state index in [0.717, 1.165) is 12.1 Å². The van der Waals surface area contributed by atoms with Crippen molar-refractivity contribution in [3.8, 4) is 0 Å². The molecule has 0 amide bonds. The van der Waals surface area contributed by atoms with Crippen molar-refractivity contribution in [3.63, 3.8) is 0 Å². The van der Waals surface area contributed by atoms with E-state index >= 15 is 0 Å². The molecule has 5 heteroatoms. The van der Waals surface area contributed by atoms with Gasteiger partial charge in [-0.05, 0) is 36.6 Å². The normalized spacial score (nSPS) is 19.0. The van der Waals surface area contributed by atoms with Crippen molar-refractivity contribution in [2.24, 2.45) is 0 Å². The molecule has 1 aliphatic rings. The van der Waals surface area contributed by atoms with Gasteiger partial charge < -0.3 is 5.11 Å². The molecule has 0 spiro atoms. The van der Waals surface area contributed by atoms with Crippen molar-refractivity contribution in [2.75, 3.05) is 0 Å². The zero-order valence-corrected chi connectivity index (χ0v) is 9.19. The van der Waals surface area contributed by atoms with Crippen LogP contribution in [0.4, 0.5) is 13.2 Å². The second-order valence-electron chi connectivity index (χ2n) is 3.76. The Balaban J connectivity index is 2.46. The molecule has 0 atom stereocenters. The van der Waals surface area contributed by atoms with Crippen molar-refractivity contribution in [2.45, 2.75) is 24.6 Å². The Kier molecular flexibility index (Phi) is 2.35. The Hall–Kier alpha value is -0.550. The fourth-order valence-electron chi connectivity index (χ4n) is 1.43. The number of hydrogen-bond donors (Lipinski definition) is 1. The Morgan fingerprint density at radius 1 is 1.20 bits per heavy atom. The van der Waals surface area contributed by atoms with Crippen molar-refractivity contribution < 1.29 is 18.3 Å². The first-order chi connectivity index (χ1) is 6.81. The van der Waals surface area contributed by atoms with Crippen molar-refractivity contribution >= 4 is 15.9 Å². The van der Waals surface area contributed by atoms with Crippen LogP contribution in [-0.2, 0) is 11.8 Å². The lowest BCUT2D eigenvalue weighted by molar-refractivity contribution is -0.137. The summed E-state index contributed by atoms with van der Waals surface area (Å²) in [4.78, 5) is 0. The predicted molar refractivity (Wildman–Crippen MR) is 52.3 cm³/mol. The first-order valence-electron chi connectivity index (χ1n) is 4.42. The average Bonchev–Trinajstić information content (AvgIpc) is 2.82. The van der Waals surface area contributed by atoms with Gasteiger partial charge in [0.25, 0.3) is 0 Å². The van der Waals surface area contributed by atoms with Crippen molar-refractivity contribution in [3.05, 3.63) is 33.8 Å². The Morgan fingerprint density at radius 2 is 1.80 bits per heavy atom. The van der Waals surface area contributed by atoms with Crippen LogP contribution in [0.1, 0.15) is 24.0 Å². The van der Waals surface area contributed by atoms with Crippen molar-refractivity contribution in [1.29, 1.82) is 0 Å². The summed E-state index contributed by atoms with van der Waals surface area (Å²) in [7, 11) is 0. The van der Waals surface area contributed by atoms with Gasteiger partial charge in [-0.15, -0.1) is 0 Å². The molecule has 0 radical (unpaired) electrons. The number of halogens is 4. The molecule has 1 aromatic carbocycles. The molecular weight excluding hydrogens is 273 g/mol. The summed E-state index contributed by atoms with van der Waals surface area (Å²) in [6.07, 6.45) is -3.31. The van der Waals surface area contributed by atoms with Crippen LogP contribution in [0.25, 0.3) is 0 Å². The van der Waals surface area contributed by atoms with Gasteiger partial charge in [0.2, 0.25) is 0 Å². The Morgan fingerprint density at radius 3 is 2.27 bits per heavy atom. The third-order valence-electron chi connectivity index (χ3n) is 2.49. The Bertz CT molecular complexity index is 373. The van der Waals surface area contributed by atoms with Crippen molar-refractivity contribution in [1.82, 2.24) is 0 Å². The van der Waals surface area contributed by atoms with Crippen LogP contribution >= 0.6 is 15.9 Å². The van der Waals surface area contributed by atoms with Gasteiger partial charge in [0.1, 0.15) is 0 Å². The van der Waals surface area contributed by atoms with Crippen LogP contribution in [0.15, 0.2) is 22.7 Å². The fourth-order valence-corrected chi connectivity index (χ4v) is 1.92. The van der Waals surface area contributed by atoms with Crippen LogP contribution < -0.4 is 0 Å².